The third kappa shape index (κ3) is 9.85. The van der Waals surface area contributed by atoms with Gasteiger partial charge in [0, 0.05) is 0 Å². The molecule has 12 heteroatoms. The largest absolute Gasteiger partial charge is 0.480 e. The second-order valence-electron chi connectivity index (χ2n) is 7.26. The Labute approximate surface area is 168 Å². The summed E-state index contributed by atoms with van der Waals surface area (Å²) in [5, 5.41) is 25.6. The van der Waals surface area contributed by atoms with Crippen molar-refractivity contribution in [3.8, 4) is 0 Å². The maximum absolute atomic E-state index is 12.6. The lowest BCUT2D eigenvalue weighted by Gasteiger charge is -2.26. The zero-order valence-electron chi connectivity index (χ0n) is 17.0. The third-order valence-electron chi connectivity index (χ3n) is 3.89. The number of carbonyl (C=O) groups excluding carboxylic acids is 4. The molecule has 0 aliphatic heterocycles. The zero-order valence-corrected chi connectivity index (χ0v) is 17.0. The molecule has 0 rings (SSSR count). The molecule has 0 radical (unpaired) electrons. The minimum Gasteiger partial charge on any atom is -0.480 e. The minimum absolute atomic E-state index is 0.0377. The minimum atomic E-state index is -1.45. The summed E-state index contributed by atoms with van der Waals surface area (Å²) in [6, 6.07) is -5.04. The van der Waals surface area contributed by atoms with Gasteiger partial charge in [0.05, 0.1) is 18.6 Å². The third-order valence-corrected chi connectivity index (χ3v) is 3.89. The maximum Gasteiger partial charge on any atom is 0.325 e. The van der Waals surface area contributed by atoms with Crippen molar-refractivity contribution in [2.45, 2.75) is 70.8 Å². The van der Waals surface area contributed by atoms with Crippen LogP contribution in [-0.4, -0.2) is 70.1 Å². The van der Waals surface area contributed by atoms with Gasteiger partial charge in [0.15, 0.2) is 0 Å². The van der Waals surface area contributed by atoms with Crippen LogP contribution < -0.4 is 27.4 Å². The van der Waals surface area contributed by atoms with Gasteiger partial charge in [-0.15, -0.1) is 0 Å². The van der Waals surface area contributed by atoms with Crippen LogP contribution in [0.5, 0.6) is 0 Å². The number of primary amides is 1. The second kappa shape index (κ2) is 12.0. The van der Waals surface area contributed by atoms with E-state index < -0.39 is 66.3 Å². The molecular formula is C17H31N5O7. The van der Waals surface area contributed by atoms with E-state index in [2.05, 4.69) is 16.0 Å². The molecule has 0 spiro atoms. The van der Waals surface area contributed by atoms with E-state index >= 15 is 0 Å². The van der Waals surface area contributed by atoms with Crippen molar-refractivity contribution < 1.29 is 34.2 Å². The van der Waals surface area contributed by atoms with Gasteiger partial charge >= 0.3 is 5.97 Å². The molecule has 0 bridgehead atoms. The topological polar surface area (TPSA) is 214 Å². The van der Waals surface area contributed by atoms with Crippen molar-refractivity contribution in [3.63, 3.8) is 0 Å². The Bertz CT molecular complexity index is 623. The van der Waals surface area contributed by atoms with Gasteiger partial charge < -0.3 is 37.6 Å². The summed E-state index contributed by atoms with van der Waals surface area (Å²) in [5.41, 5.74) is 10.6. The van der Waals surface area contributed by atoms with Crippen molar-refractivity contribution in [2.75, 3.05) is 0 Å². The Kier molecular flexibility index (Phi) is 10.8. The Balaban J connectivity index is 5.29. The van der Waals surface area contributed by atoms with Crippen molar-refractivity contribution in [2.24, 2.45) is 17.4 Å². The Morgan fingerprint density at radius 2 is 1.45 bits per heavy atom. The van der Waals surface area contributed by atoms with E-state index in [9.17, 15) is 29.1 Å². The molecule has 0 fully saturated rings. The van der Waals surface area contributed by atoms with E-state index in [0.29, 0.717) is 0 Å². The second-order valence-corrected chi connectivity index (χ2v) is 7.26. The van der Waals surface area contributed by atoms with Crippen LogP contribution in [0, 0.1) is 5.92 Å². The highest BCUT2D eigenvalue weighted by Crippen LogP contribution is 2.07. The summed E-state index contributed by atoms with van der Waals surface area (Å²) < 4.78 is 0. The lowest BCUT2D eigenvalue weighted by molar-refractivity contribution is -0.142. The fourth-order valence-electron chi connectivity index (χ4n) is 2.32. The van der Waals surface area contributed by atoms with Gasteiger partial charge in [0.2, 0.25) is 23.6 Å². The standard InChI is InChI=1S/C17H31N5O7/c1-7(2)5-11(21-14(25)10(18)6-12(19)24)15(26)22-13(9(4)23)16(27)20-8(3)17(28)29/h7-11,13,23H,5-6,18H2,1-4H3,(H2,19,24)(H,20,27)(H,21,25)(H,22,26)(H,28,29). The predicted octanol–water partition coefficient (Wildman–Crippen LogP) is -2.83. The summed E-state index contributed by atoms with van der Waals surface area (Å²) >= 11 is 0. The molecule has 9 N–H and O–H groups in total. The van der Waals surface area contributed by atoms with E-state index in [4.69, 9.17) is 16.6 Å². The van der Waals surface area contributed by atoms with E-state index in [1.54, 1.807) is 13.8 Å². The van der Waals surface area contributed by atoms with Crippen LogP contribution in [0.25, 0.3) is 0 Å². The molecular weight excluding hydrogens is 386 g/mol. The Morgan fingerprint density at radius 3 is 1.86 bits per heavy atom. The Hall–Kier alpha value is -2.73. The van der Waals surface area contributed by atoms with Crippen LogP contribution in [0.1, 0.15) is 40.5 Å². The van der Waals surface area contributed by atoms with Crippen molar-refractivity contribution >= 4 is 29.6 Å². The summed E-state index contributed by atoms with van der Waals surface area (Å²) in [6.45, 7) is 6.06. The van der Waals surface area contributed by atoms with Crippen LogP contribution in [-0.2, 0) is 24.0 Å². The molecule has 12 nitrogen and oxygen atoms in total. The molecule has 0 heterocycles. The van der Waals surface area contributed by atoms with E-state index in [1.807, 2.05) is 0 Å². The van der Waals surface area contributed by atoms with Crippen molar-refractivity contribution in [1.82, 2.24) is 16.0 Å². The number of hydrogen-bond donors (Lipinski definition) is 7. The smallest absolute Gasteiger partial charge is 0.325 e. The maximum atomic E-state index is 12.6. The number of carbonyl (C=O) groups is 5. The van der Waals surface area contributed by atoms with Crippen molar-refractivity contribution in [1.29, 1.82) is 0 Å². The van der Waals surface area contributed by atoms with Crippen LogP contribution in [0.2, 0.25) is 0 Å². The van der Waals surface area contributed by atoms with Gasteiger partial charge in [0.1, 0.15) is 18.1 Å². The number of aliphatic hydroxyl groups excluding tert-OH is 1. The molecule has 0 saturated heterocycles. The molecule has 5 atom stereocenters. The summed E-state index contributed by atoms with van der Waals surface area (Å²) in [5.74, 6) is -4.56. The van der Waals surface area contributed by atoms with Gasteiger partial charge in [-0.1, -0.05) is 13.8 Å². The quantitative estimate of drug-likeness (QED) is 0.175. The highest BCUT2D eigenvalue weighted by molar-refractivity contribution is 5.95. The summed E-state index contributed by atoms with van der Waals surface area (Å²) in [7, 11) is 0. The van der Waals surface area contributed by atoms with Gasteiger partial charge in [0.25, 0.3) is 0 Å². The molecule has 4 amide bonds. The van der Waals surface area contributed by atoms with E-state index in [0.717, 1.165) is 0 Å². The number of aliphatic carboxylic acids is 1. The number of nitrogens with one attached hydrogen (secondary N) is 3. The monoisotopic (exact) mass is 417 g/mol. The van der Waals surface area contributed by atoms with Crippen molar-refractivity contribution in [3.05, 3.63) is 0 Å². The molecule has 0 saturated carbocycles. The number of nitrogens with two attached hydrogens (primary N) is 2. The molecule has 5 unspecified atom stereocenters. The number of carboxylic acids is 1. The number of aliphatic hydroxyl groups is 1. The lowest BCUT2D eigenvalue weighted by Crippen LogP contribution is -2.59. The molecule has 0 aromatic rings. The molecule has 0 aliphatic carbocycles. The molecule has 0 aliphatic rings. The number of hydrogen-bond acceptors (Lipinski definition) is 7. The summed E-state index contributed by atoms with van der Waals surface area (Å²) in [4.78, 5) is 58.8. The normalized spacial score (nSPS) is 16.1. The highest BCUT2D eigenvalue weighted by Gasteiger charge is 2.32. The van der Waals surface area contributed by atoms with Gasteiger partial charge in [-0.05, 0) is 26.2 Å². The number of carboxylic acid groups (broad SMARTS) is 1. The SMILES string of the molecule is CC(C)CC(NC(=O)C(N)CC(N)=O)C(=O)NC(C(=O)NC(C)C(=O)O)C(C)O. The zero-order chi connectivity index (χ0) is 22.9. The Morgan fingerprint density at radius 1 is 0.897 bits per heavy atom. The van der Waals surface area contributed by atoms with E-state index in [-0.39, 0.29) is 12.3 Å². The first-order chi connectivity index (χ1) is 13.3. The van der Waals surface area contributed by atoms with Crippen LogP contribution >= 0.6 is 0 Å². The number of rotatable bonds is 12. The van der Waals surface area contributed by atoms with Crippen LogP contribution in [0.4, 0.5) is 0 Å². The first-order valence-corrected chi connectivity index (χ1v) is 9.12. The van der Waals surface area contributed by atoms with Gasteiger partial charge in [-0.2, -0.15) is 0 Å². The van der Waals surface area contributed by atoms with Gasteiger partial charge in [-0.25, -0.2) is 0 Å². The van der Waals surface area contributed by atoms with Crippen LogP contribution in [0.15, 0.2) is 0 Å². The predicted molar refractivity (Wildman–Crippen MR) is 102 cm³/mol. The van der Waals surface area contributed by atoms with E-state index in [1.165, 1.54) is 13.8 Å². The summed E-state index contributed by atoms with van der Waals surface area (Å²) in [6.07, 6.45) is -1.57. The molecule has 166 valence electrons. The number of amides is 4. The molecule has 0 aromatic carbocycles. The average Bonchev–Trinajstić information content (AvgIpc) is 2.56. The molecule has 29 heavy (non-hydrogen) atoms. The fourth-order valence-corrected chi connectivity index (χ4v) is 2.32. The first-order valence-electron chi connectivity index (χ1n) is 9.12. The fraction of sp³-hybridized carbons (Fsp3) is 0.706. The average molecular weight is 417 g/mol. The highest BCUT2D eigenvalue weighted by atomic mass is 16.4. The first kappa shape index (κ1) is 26.3. The van der Waals surface area contributed by atoms with Gasteiger partial charge in [-0.3, -0.25) is 24.0 Å². The lowest BCUT2D eigenvalue weighted by atomic mass is 10.0. The van der Waals surface area contributed by atoms with Crippen LogP contribution in [0.3, 0.4) is 0 Å². The molecule has 0 aromatic heterocycles.